The lowest BCUT2D eigenvalue weighted by molar-refractivity contribution is 0.400. The van der Waals surface area contributed by atoms with Gasteiger partial charge in [-0.15, -0.1) is 0 Å². The van der Waals surface area contributed by atoms with Crippen molar-refractivity contribution in [1.82, 2.24) is 14.9 Å². The number of rotatable bonds is 6. The standard InChI is InChI=1S/C15H20ClN3O/c1-4-19-8-7-18-15(19)10-13(17-2)12-9-11(16)5-6-14(12)20-3/h5-9,13,17H,4,10H2,1-3H3. The number of methoxy groups -OCH3 is 1. The van der Waals surface area contributed by atoms with Crippen LogP contribution in [-0.4, -0.2) is 23.7 Å². The van der Waals surface area contributed by atoms with Gasteiger partial charge in [-0.25, -0.2) is 4.98 Å². The number of likely N-dealkylation sites (N-methyl/N-ethyl adjacent to an activating group) is 1. The highest BCUT2D eigenvalue weighted by atomic mass is 35.5. The number of nitrogens with zero attached hydrogens (tertiary/aromatic N) is 2. The second kappa shape index (κ2) is 6.77. The van der Waals surface area contributed by atoms with Gasteiger partial charge < -0.3 is 14.6 Å². The summed E-state index contributed by atoms with van der Waals surface area (Å²) in [7, 11) is 3.61. The lowest BCUT2D eigenvalue weighted by Gasteiger charge is -2.20. The Labute approximate surface area is 124 Å². The number of nitrogens with one attached hydrogen (secondary N) is 1. The fraction of sp³-hybridized carbons (Fsp3) is 0.400. The van der Waals surface area contributed by atoms with Gasteiger partial charge in [-0.2, -0.15) is 0 Å². The van der Waals surface area contributed by atoms with Crippen molar-refractivity contribution < 1.29 is 4.74 Å². The van der Waals surface area contributed by atoms with E-state index >= 15 is 0 Å². The van der Waals surface area contributed by atoms with Crippen molar-refractivity contribution in [2.75, 3.05) is 14.2 Å². The van der Waals surface area contributed by atoms with Crippen molar-refractivity contribution >= 4 is 11.6 Å². The Balaban J connectivity index is 2.30. The summed E-state index contributed by atoms with van der Waals surface area (Å²) in [5.41, 5.74) is 1.05. The first kappa shape index (κ1) is 14.9. The first-order chi connectivity index (χ1) is 9.69. The molecule has 1 atom stereocenters. The van der Waals surface area contributed by atoms with Crippen molar-refractivity contribution in [2.24, 2.45) is 0 Å². The molecule has 0 saturated heterocycles. The molecule has 0 radical (unpaired) electrons. The molecule has 0 bridgehead atoms. The van der Waals surface area contributed by atoms with Crippen molar-refractivity contribution in [3.05, 3.63) is 47.0 Å². The third kappa shape index (κ3) is 3.14. The SMILES string of the molecule is CCn1ccnc1CC(NC)c1cc(Cl)ccc1OC. The minimum absolute atomic E-state index is 0.108. The van der Waals surface area contributed by atoms with Crippen LogP contribution in [0.4, 0.5) is 0 Å². The van der Waals surface area contributed by atoms with Crippen LogP contribution in [0.25, 0.3) is 0 Å². The largest absolute Gasteiger partial charge is 0.496 e. The van der Waals surface area contributed by atoms with Crippen LogP contribution in [0.3, 0.4) is 0 Å². The van der Waals surface area contributed by atoms with Crippen LogP contribution in [0.15, 0.2) is 30.6 Å². The molecule has 4 nitrogen and oxygen atoms in total. The first-order valence-corrected chi connectivity index (χ1v) is 7.08. The minimum atomic E-state index is 0.108. The number of benzene rings is 1. The molecule has 2 aromatic rings. The predicted molar refractivity (Wildman–Crippen MR) is 81.4 cm³/mol. The molecule has 2 rings (SSSR count). The van der Waals surface area contributed by atoms with Gasteiger partial charge in [-0.1, -0.05) is 11.6 Å². The van der Waals surface area contributed by atoms with E-state index in [1.165, 1.54) is 0 Å². The fourth-order valence-electron chi connectivity index (χ4n) is 2.35. The van der Waals surface area contributed by atoms with Crippen LogP contribution in [-0.2, 0) is 13.0 Å². The van der Waals surface area contributed by atoms with Crippen LogP contribution >= 0.6 is 11.6 Å². The normalized spacial score (nSPS) is 12.4. The Bertz CT molecular complexity index is 568. The second-order valence-electron chi connectivity index (χ2n) is 4.56. The first-order valence-electron chi connectivity index (χ1n) is 6.70. The number of aryl methyl sites for hydroxylation is 1. The maximum absolute atomic E-state index is 6.11. The lowest BCUT2D eigenvalue weighted by atomic mass is 10.0. The predicted octanol–water partition coefficient (Wildman–Crippen LogP) is 3.07. The van der Waals surface area contributed by atoms with Gasteiger partial charge in [-0.05, 0) is 32.2 Å². The zero-order valence-electron chi connectivity index (χ0n) is 12.1. The summed E-state index contributed by atoms with van der Waals surface area (Å²) in [5.74, 6) is 1.89. The maximum Gasteiger partial charge on any atom is 0.123 e. The molecule has 0 aliphatic rings. The Kier molecular flexibility index (Phi) is 5.04. The van der Waals surface area contributed by atoms with E-state index < -0.39 is 0 Å². The van der Waals surface area contributed by atoms with Gasteiger partial charge >= 0.3 is 0 Å². The van der Waals surface area contributed by atoms with Crippen molar-refractivity contribution in [3.8, 4) is 5.75 Å². The topological polar surface area (TPSA) is 39.1 Å². The third-order valence-corrected chi connectivity index (χ3v) is 3.68. The highest BCUT2D eigenvalue weighted by Crippen LogP contribution is 2.30. The molecule has 0 aliphatic heterocycles. The van der Waals surface area contributed by atoms with Gasteiger partial charge in [0.15, 0.2) is 0 Å². The molecule has 0 amide bonds. The van der Waals surface area contributed by atoms with Crippen molar-refractivity contribution in [2.45, 2.75) is 25.9 Å². The van der Waals surface area contributed by atoms with Crippen molar-refractivity contribution in [3.63, 3.8) is 0 Å². The average molecular weight is 294 g/mol. The summed E-state index contributed by atoms with van der Waals surface area (Å²) in [4.78, 5) is 4.43. The molecular formula is C15H20ClN3O. The van der Waals surface area contributed by atoms with Crippen LogP contribution in [0, 0.1) is 0 Å². The number of imidazole rings is 1. The summed E-state index contributed by atoms with van der Waals surface area (Å²) < 4.78 is 7.57. The zero-order chi connectivity index (χ0) is 14.5. The quantitative estimate of drug-likeness (QED) is 0.890. The van der Waals surface area contributed by atoms with Crippen LogP contribution in [0.2, 0.25) is 5.02 Å². The molecular weight excluding hydrogens is 274 g/mol. The maximum atomic E-state index is 6.11. The summed E-state index contributed by atoms with van der Waals surface area (Å²) in [6.45, 7) is 3.03. The van der Waals surface area contributed by atoms with Crippen LogP contribution in [0.1, 0.15) is 24.4 Å². The molecule has 1 aromatic carbocycles. The molecule has 0 aliphatic carbocycles. The smallest absolute Gasteiger partial charge is 0.123 e. The van der Waals surface area contributed by atoms with Gasteiger partial charge in [0.25, 0.3) is 0 Å². The van der Waals surface area contributed by atoms with E-state index in [-0.39, 0.29) is 6.04 Å². The van der Waals surface area contributed by atoms with Gasteiger partial charge in [0, 0.05) is 42.0 Å². The average Bonchev–Trinajstić information content (AvgIpc) is 2.91. The fourth-order valence-corrected chi connectivity index (χ4v) is 2.53. The van der Waals surface area contributed by atoms with Gasteiger partial charge in [0.05, 0.1) is 7.11 Å². The number of halogens is 1. The number of hydrogen-bond donors (Lipinski definition) is 1. The van der Waals surface area contributed by atoms with Gasteiger partial charge in [0.2, 0.25) is 0 Å². The number of hydrogen-bond acceptors (Lipinski definition) is 3. The molecule has 20 heavy (non-hydrogen) atoms. The molecule has 108 valence electrons. The number of aromatic nitrogens is 2. The third-order valence-electron chi connectivity index (χ3n) is 3.44. The lowest BCUT2D eigenvalue weighted by Crippen LogP contribution is -2.21. The van der Waals surface area contributed by atoms with E-state index in [1.807, 2.05) is 37.6 Å². The molecule has 1 unspecified atom stereocenters. The monoisotopic (exact) mass is 293 g/mol. The Morgan fingerprint density at radius 1 is 1.45 bits per heavy atom. The highest BCUT2D eigenvalue weighted by Gasteiger charge is 2.17. The molecule has 1 aromatic heterocycles. The summed E-state index contributed by atoms with van der Waals surface area (Å²) in [6.07, 6.45) is 4.62. The molecule has 0 spiro atoms. The Morgan fingerprint density at radius 2 is 2.25 bits per heavy atom. The van der Waals surface area contributed by atoms with Gasteiger partial charge in [-0.3, -0.25) is 0 Å². The minimum Gasteiger partial charge on any atom is -0.496 e. The van der Waals surface area contributed by atoms with Crippen molar-refractivity contribution in [1.29, 1.82) is 0 Å². The molecule has 0 fully saturated rings. The Morgan fingerprint density at radius 3 is 2.90 bits per heavy atom. The molecule has 1 N–H and O–H groups in total. The van der Waals surface area contributed by atoms with E-state index in [9.17, 15) is 0 Å². The van der Waals surface area contributed by atoms with Crippen LogP contribution in [0.5, 0.6) is 5.75 Å². The van der Waals surface area contributed by atoms with E-state index in [2.05, 4.69) is 21.8 Å². The van der Waals surface area contributed by atoms with Crippen LogP contribution < -0.4 is 10.1 Å². The van der Waals surface area contributed by atoms with E-state index in [4.69, 9.17) is 16.3 Å². The highest BCUT2D eigenvalue weighted by molar-refractivity contribution is 6.30. The Hall–Kier alpha value is -1.52. The second-order valence-corrected chi connectivity index (χ2v) is 5.00. The molecule has 5 heteroatoms. The molecule has 0 saturated carbocycles. The number of ether oxygens (including phenoxy) is 1. The summed E-state index contributed by atoms with van der Waals surface area (Å²) >= 11 is 6.11. The van der Waals surface area contributed by atoms with E-state index in [1.54, 1.807) is 7.11 Å². The van der Waals surface area contributed by atoms with E-state index in [0.29, 0.717) is 5.02 Å². The van der Waals surface area contributed by atoms with E-state index in [0.717, 1.165) is 30.1 Å². The summed E-state index contributed by atoms with van der Waals surface area (Å²) in [6, 6.07) is 5.79. The van der Waals surface area contributed by atoms with Gasteiger partial charge in [0.1, 0.15) is 11.6 Å². The summed E-state index contributed by atoms with van der Waals surface area (Å²) in [5, 5.41) is 4.03. The molecule has 1 heterocycles. The zero-order valence-corrected chi connectivity index (χ0v) is 12.8.